The van der Waals surface area contributed by atoms with Gasteiger partial charge in [-0.2, -0.15) is 0 Å². The number of carbonyl (C=O) groups is 4. The predicted molar refractivity (Wildman–Crippen MR) is 418 cm³/mol. The maximum Gasteiger partial charge on any atom is 0.306 e. The van der Waals surface area contributed by atoms with E-state index in [1.165, 1.54) is 180 Å². The summed E-state index contributed by atoms with van der Waals surface area (Å²) in [5.41, 5.74) is 0. The molecule has 3 unspecified atom stereocenters. The number of esters is 4. The molecule has 13 nitrogen and oxygen atoms in total. The summed E-state index contributed by atoms with van der Waals surface area (Å²) in [5.74, 6) is 0.428. The third-order valence-electron chi connectivity index (χ3n) is 21.2. The Morgan fingerprint density at radius 3 is 1.13 bits per heavy atom. The van der Waals surface area contributed by atoms with Gasteiger partial charge in [-0.05, 0) is 154 Å². The van der Waals surface area contributed by atoms with Gasteiger partial charge < -0.3 is 38.6 Å². The first kappa shape index (κ1) is 94.7. The number of rotatable bonds is 78. The lowest BCUT2D eigenvalue weighted by Crippen LogP contribution is -2.41. The lowest BCUT2D eigenvalue weighted by molar-refractivity contribution is -0.152. The van der Waals surface area contributed by atoms with E-state index in [2.05, 4.69) is 56.2 Å². The number of morpholine rings is 1. The van der Waals surface area contributed by atoms with Crippen molar-refractivity contribution in [1.29, 1.82) is 0 Å². The topological polar surface area (TPSA) is 144 Å². The molecule has 0 aromatic rings. The molecule has 0 spiro atoms. The van der Waals surface area contributed by atoms with Crippen LogP contribution in [0.5, 0.6) is 0 Å². The number of hydrogen-bond acceptors (Lipinski definition) is 13. The van der Waals surface area contributed by atoms with Crippen LogP contribution in [0.3, 0.4) is 0 Å². The van der Waals surface area contributed by atoms with E-state index >= 15 is 0 Å². The van der Waals surface area contributed by atoms with Crippen LogP contribution in [-0.2, 0) is 42.9 Å². The summed E-state index contributed by atoms with van der Waals surface area (Å²) in [5, 5.41) is 9.89. The zero-order valence-corrected chi connectivity index (χ0v) is 66.7. The Morgan fingerprint density at radius 1 is 0.343 bits per heavy atom. The van der Waals surface area contributed by atoms with Crippen molar-refractivity contribution in [3.05, 3.63) is 0 Å². The van der Waals surface area contributed by atoms with E-state index in [4.69, 9.17) is 23.7 Å². The minimum atomic E-state index is -0.101. The summed E-state index contributed by atoms with van der Waals surface area (Å²) >= 11 is 0. The fourth-order valence-electron chi connectivity index (χ4n) is 14.7. The standard InChI is InChI=1S/C86H167N3O10/c1-7-13-18-23-27-40-54-74-96-83(91)60-46-34-28-37-50-64-87(68-69-89-71-75-95-76-72-89)65-51-38-29-36-48-63-86(94)99-82(59-45-33-26-21-16-10-4)77-79(56-42-22-17-11-5)80(55-12-6)78-97-84(92)61-49-41-53-67-88(70-73-90)66-52-39-30-35-47-62-85(93)98-81(57-43-31-24-19-14-8-2)58-44-32-25-20-15-9-3/h79-82,90H,7-78H2,1-6H3. The Hall–Kier alpha value is -2.32. The van der Waals surface area contributed by atoms with Gasteiger partial charge in [-0.1, -0.05) is 273 Å². The van der Waals surface area contributed by atoms with Gasteiger partial charge in [-0.15, -0.1) is 0 Å². The van der Waals surface area contributed by atoms with Gasteiger partial charge in [0.1, 0.15) is 12.2 Å². The first-order valence-electron chi connectivity index (χ1n) is 43.7. The monoisotopic (exact) mass is 1400 g/mol. The Kier molecular flexibility index (Phi) is 70.8. The zero-order valence-electron chi connectivity index (χ0n) is 66.7. The van der Waals surface area contributed by atoms with Gasteiger partial charge in [-0.3, -0.25) is 24.1 Å². The first-order chi connectivity index (χ1) is 48.6. The second-order valence-electron chi connectivity index (χ2n) is 30.5. The van der Waals surface area contributed by atoms with E-state index in [-0.39, 0.29) is 48.6 Å². The number of aliphatic hydroxyl groups excluding tert-OH is 1. The smallest absolute Gasteiger partial charge is 0.306 e. The second-order valence-corrected chi connectivity index (χ2v) is 30.5. The van der Waals surface area contributed by atoms with Crippen LogP contribution in [0.4, 0.5) is 0 Å². The largest absolute Gasteiger partial charge is 0.466 e. The molecule has 0 saturated carbocycles. The predicted octanol–water partition coefficient (Wildman–Crippen LogP) is 22.8. The molecule has 99 heavy (non-hydrogen) atoms. The molecule has 0 bridgehead atoms. The summed E-state index contributed by atoms with van der Waals surface area (Å²) in [4.78, 5) is 60.1. The van der Waals surface area contributed by atoms with Crippen molar-refractivity contribution in [2.75, 3.05) is 91.9 Å². The van der Waals surface area contributed by atoms with Crippen molar-refractivity contribution < 1.29 is 48.0 Å². The summed E-state index contributed by atoms with van der Waals surface area (Å²) in [6, 6.07) is 0. The molecule has 0 amide bonds. The quantitative estimate of drug-likeness (QED) is 0.0351. The molecule has 1 heterocycles. The molecule has 1 aliphatic heterocycles. The number of hydrogen-bond donors (Lipinski definition) is 1. The van der Waals surface area contributed by atoms with Gasteiger partial charge in [-0.25, -0.2) is 0 Å². The lowest BCUT2D eigenvalue weighted by Gasteiger charge is -2.30. The average Bonchev–Trinajstić information content (AvgIpc) is 1.62. The number of aliphatic hydroxyl groups is 1. The zero-order chi connectivity index (χ0) is 71.8. The molecular formula is C86H167N3O10. The van der Waals surface area contributed by atoms with Crippen LogP contribution in [0.15, 0.2) is 0 Å². The molecule has 0 radical (unpaired) electrons. The van der Waals surface area contributed by atoms with Gasteiger partial charge in [0.05, 0.1) is 33.0 Å². The molecule has 1 fully saturated rings. The van der Waals surface area contributed by atoms with E-state index in [0.717, 1.165) is 233 Å². The Bertz CT molecular complexity index is 1720. The van der Waals surface area contributed by atoms with Crippen LogP contribution in [0.25, 0.3) is 0 Å². The van der Waals surface area contributed by atoms with E-state index in [1.54, 1.807) is 0 Å². The SMILES string of the molecule is CCCCCCCCCOC(=O)CCCCCCCN(CCCCCCCC(=O)OC(CCCCCCCC)CC(CCCCCC)C(CCC)COC(=O)CCCCCN(CCO)CCCCCCCC(=O)OC(CCCCCCCC)CCCCCCCC)CCN1CCOCC1. The number of unbranched alkanes of at least 4 members (excludes halogenated alkanes) is 38. The fraction of sp³-hybridized carbons (Fsp3) is 0.953. The van der Waals surface area contributed by atoms with E-state index < -0.39 is 0 Å². The molecule has 1 rings (SSSR count). The Labute approximate surface area is 613 Å². The Balaban J connectivity index is 2.65. The van der Waals surface area contributed by atoms with Crippen molar-refractivity contribution in [1.82, 2.24) is 14.7 Å². The third kappa shape index (κ3) is 62.7. The van der Waals surface area contributed by atoms with Crippen molar-refractivity contribution in [2.45, 2.75) is 426 Å². The highest BCUT2D eigenvalue weighted by Gasteiger charge is 2.28. The maximum atomic E-state index is 13.8. The average molecular weight is 1400 g/mol. The molecule has 3 atom stereocenters. The summed E-state index contributed by atoms with van der Waals surface area (Å²) < 4.78 is 30.0. The van der Waals surface area contributed by atoms with Gasteiger partial charge >= 0.3 is 23.9 Å². The highest BCUT2D eigenvalue weighted by Crippen LogP contribution is 2.32. The maximum absolute atomic E-state index is 13.8. The van der Waals surface area contributed by atoms with E-state index in [9.17, 15) is 24.3 Å². The van der Waals surface area contributed by atoms with Crippen LogP contribution in [0, 0.1) is 11.8 Å². The molecule has 0 aromatic heterocycles. The highest BCUT2D eigenvalue weighted by molar-refractivity contribution is 5.70. The summed E-state index contributed by atoms with van der Waals surface area (Å²) in [7, 11) is 0. The van der Waals surface area contributed by atoms with Crippen LogP contribution in [0.2, 0.25) is 0 Å². The van der Waals surface area contributed by atoms with Crippen molar-refractivity contribution in [3.8, 4) is 0 Å². The van der Waals surface area contributed by atoms with E-state index in [1.807, 2.05) is 0 Å². The number of carbonyl (C=O) groups excluding carboxylic acids is 4. The molecule has 1 aliphatic rings. The fourth-order valence-corrected chi connectivity index (χ4v) is 14.7. The van der Waals surface area contributed by atoms with Crippen molar-refractivity contribution in [2.24, 2.45) is 11.8 Å². The molecule has 0 aromatic carbocycles. The normalized spacial score (nSPS) is 13.8. The van der Waals surface area contributed by atoms with Crippen LogP contribution >= 0.6 is 0 Å². The second kappa shape index (κ2) is 74.0. The van der Waals surface area contributed by atoms with Crippen molar-refractivity contribution >= 4 is 23.9 Å². The molecule has 586 valence electrons. The molecule has 1 N–H and O–H groups in total. The number of nitrogens with zero attached hydrogens (tertiary/aromatic N) is 3. The Morgan fingerprint density at radius 2 is 0.687 bits per heavy atom. The van der Waals surface area contributed by atoms with Crippen molar-refractivity contribution in [3.63, 3.8) is 0 Å². The van der Waals surface area contributed by atoms with Crippen LogP contribution in [0.1, 0.15) is 414 Å². The van der Waals surface area contributed by atoms with Gasteiger partial charge in [0.2, 0.25) is 0 Å². The minimum Gasteiger partial charge on any atom is -0.466 e. The van der Waals surface area contributed by atoms with E-state index in [0.29, 0.717) is 51.4 Å². The number of ether oxygens (including phenoxy) is 5. The van der Waals surface area contributed by atoms with Crippen LogP contribution < -0.4 is 0 Å². The first-order valence-corrected chi connectivity index (χ1v) is 43.7. The summed E-state index contributed by atoms with van der Waals surface area (Å²) in [6.07, 6.45) is 63.7. The minimum absolute atomic E-state index is 0.00479. The summed E-state index contributed by atoms with van der Waals surface area (Å²) in [6.45, 7) is 25.4. The van der Waals surface area contributed by atoms with Gasteiger partial charge in [0.25, 0.3) is 0 Å². The van der Waals surface area contributed by atoms with Gasteiger partial charge in [0, 0.05) is 58.4 Å². The highest BCUT2D eigenvalue weighted by atomic mass is 16.6. The third-order valence-corrected chi connectivity index (χ3v) is 21.2. The molecular weight excluding hydrogens is 1230 g/mol. The van der Waals surface area contributed by atoms with Gasteiger partial charge in [0.15, 0.2) is 0 Å². The molecule has 1 saturated heterocycles. The lowest BCUT2D eigenvalue weighted by atomic mass is 9.80. The molecule has 13 heteroatoms. The van der Waals surface area contributed by atoms with Crippen LogP contribution in [-0.4, -0.2) is 148 Å². The molecule has 0 aliphatic carbocycles.